The molecule has 4 heterocycles. The van der Waals surface area contributed by atoms with Gasteiger partial charge in [0.25, 0.3) is 0 Å². The lowest BCUT2D eigenvalue weighted by Gasteiger charge is -2.46. The normalized spacial score (nSPS) is 36.1. The van der Waals surface area contributed by atoms with E-state index in [1.54, 1.807) is 18.4 Å². The first-order valence-electron chi connectivity index (χ1n) is 13.7. The Morgan fingerprint density at radius 2 is 2.05 bits per heavy atom. The van der Waals surface area contributed by atoms with Gasteiger partial charge in [-0.05, 0) is 62.2 Å². The fraction of sp³-hybridized carbons (Fsp3) is 0.643. The van der Waals surface area contributed by atoms with Gasteiger partial charge in [-0.3, -0.25) is 4.98 Å². The van der Waals surface area contributed by atoms with E-state index < -0.39 is 42.3 Å². The molecule has 2 saturated heterocycles. The third-order valence-corrected chi connectivity index (χ3v) is 9.41. The topological polar surface area (TPSA) is 160 Å². The number of hydrogen-bond donors (Lipinski definition) is 5. The van der Waals surface area contributed by atoms with Gasteiger partial charge in [-0.15, -0.1) is 11.3 Å². The number of carboxylic acid groups (broad SMARTS) is 1. The molecule has 12 heteroatoms. The summed E-state index contributed by atoms with van der Waals surface area (Å²) in [4.78, 5) is 17.4. The van der Waals surface area contributed by atoms with Gasteiger partial charge in [0.1, 0.15) is 24.1 Å². The zero-order chi connectivity index (χ0) is 28.3. The Hall–Kier alpha value is -2.16. The van der Waals surface area contributed by atoms with Crippen LogP contribution in [-0.2, 0) is 31.0 Å². The van der Waals surface area contributed by atoms with E-state index in [0.717, 1.165) is 55.1 Å². The van der Waals surface area contributed by atoms with Crippen LogP contribution in [0.25, 0.3) is 0 Å². The number of aromatic nitrogens is 1. The lowest BCUT2D eigenvalue weighted by Crippen LogP contribution is -2.60. The van der Waals surface area contributed by atoms with Gasteiger partial charge in [0.2, 0.25) is 0 Å². The Morgan fingerprint density at radius 1 is 1.20 bits per heavy atom. The summed E-state index contributed by atoms with van der Waals surface area (Å²) in [6.45, 7) is 2.07. The van der Waals surface area contributed by atoms with E-state index in [9.17, 15) is 25.2 Å². The van der Waals surface area contributed by atoms with E-state index in [-0.39, 0.29) is 11.5 Å². The minimum absolute atomic E-state index is 0.212. The van der Waals surface area contributed by atoms with Crippen LogP contribution < -0.4 is 10.1 Å². The second-order valence-corrected chi connectivity index (χ2v) is 12.0. The van der Waals surface area contributed by atoms with Gasteiger partial charge < -0.3 is 44.7 Å². The van der Waals surface area contributed by atoms with Crippen LogP contribution in [0.3, 0.4) is 0 Å². The zero-order valence-corrected chi connectivity index (χ0v) is 23.3. The van der Waals surface area contributed by atoms with Crippen molar-refractivity contribution >= 4 is 17.3 Å². The highest BCUT2D eigenvalue weighted by molar-refractivity contribution is 7.10. The van der Waals surface area contributed by atoms with Crippen molar-refractivity contribution in [3.8, 4) is 5.75 Å². The fourth-order valence-electron chi connectivity index (χ4n) is 6.43. The van der Waals surface area contributed by atoms with Crippen molar-refractivity contribution in [1.82, 2.24) is 10.3 Å². The van der Waals surface area contributed by atoms with Gasteiger partial charge in [0.05, 0.1) is 23.7 Å². The number of aliphatic hydroxyl groups is 3. The van der Waals surface area contributed by atoms with E-state index in [2.05, 4.69) is 11.4 Å². The van der Waals surface area contributed by atoms with Crippen LogP contribution >= 0.6 is 11.3 Å². The molecular formula is C28H38N2O9S. The van der Waals surface area contributed by atoms with Gasteiger partial charge in [0, 0.05) is 36.9 Å². The largest absolute Gasteiger partial charge is 0.496 e. The maximum atomic E-state index is 11.5. The highest BCUT2D eigenvalue weighted by Crippen LogP contribution is 2.50. The molecule has 3 aliphatic rings. The quantitative estimate of drug-likeness (QED) is 0.261. The first-order valence-corrected chi connectivity index (χ1v) is 14.6. The summed E-state index contributed by atoms with van der Waals surface area (Å²) in [7, 11) is 1.68. The van der Waals surface area contributed by atoms with Crippen LogP contribution in [0.1, 0.15) is 49.1 Å². The molecule has 5 rings (SSSR count). The number of thiophene rings is 1. The van der Waals surface area contributed by atoms with Gasteiger partial charge in [-0.1, -0.05) is 6.07 Å². The van der Waals surface area contributed by atoms with Crippen LogP contribution in [0.15, 0.2) is 35.8 Å². The van der Waals surface area contributed by atoms with Crippen LogP contribution in [0, 0.1) is 0 Å². The van der Waals surface area contributed by atoms with Gasteiger partial charge >= 0.3 is 5.97 Å². The summed E-state index contributed by atoms with van der Waals surface area (Å²) < 4.78 is 23.2. The molecule has 0 radical (unpaired) electrons. The van der Waals surface area contributed by atoms with Crippen LogP contribution in [-0.4, -0.2) is 94.1 Å². The average Bonchev–Trinajstić information content (AvgIpc) is 3.58. The monoisotopic (exact) mass is 578 g/mol. The Morgan fingerprint density at radius 3 is 2.80 bits per heavy atom. The molecule has 0 aromatic carbocycles. The third-order valence-electron chi connectivity index (χ3n) is 8.51. The SMILES string of the molecule is COc1ccsc1CNCC[C@@]1(c2ccccn2)CCO[C@]2(CC[C@H](O[C@@H]3O[C@H](C(=O)O)[C@@H](O)[C@H](O)[C@H]3O)C2)C1. The van der Waals surface area contributed by atoms with E-state index in [4.69, 9.17) is 23.9 Å². The number of ether oxygens (including phenoxy) is 4. The Labute approximate surface area is 237 Å². The van der Waals surface area contributed by atoms with E-state index in [0.29, 0.717) is 19.4 Å². The fourth-order valence-corrected chi connectivity index (χ4v) is 7.24. The predicted molar refractivity (Wildman–Crippen MR) is 144 cm³/mol. The maximum Gasteiger partial charge on any atom is 0.335 e. The van der Waals surface area contributed by atoms with E-state index in [1.807, 2.05) is 29.8 Å². The molecule has 1 aliphatic carbocycles. The molecule has 1 spiro atoms. The van der Waals surface area contributed by atoms with Gasteiger partial charge in [0.15, 0.2) is 12.4 Å². The number of nitrogens with zero attached hydrogens (tertiary/aromatic N) is 1. The van der Waals surface area contributed by atoms with Gasteiger partial charge in [-0.2, -0.15) is 0 Å². The Balaban J connectivity index is 1.26. The Bertz CT molecular complexity index is 1140. The number of rotatable bonds is 10. The summed E-state index contributed by atoms with van der Waals surface area (Å²) >= 11 is 1.66. The number of nitrogens with one attached hydrogen (secondary N) is 1. The molecule has 5 N–H and O–H groups in total. The first-order chi connectivity index (χ1) is 19.3. The molecule has 40 heavy (non-hydrogen) atoms. The van der Waals surface area contributed by atoms with Crippen molar-refractivity contribution in [1.29, 1.82) is 0 Å². The molecule has 220 valence electrons. The molecule has 11 nitrogen and oxygen atoms in total. The molecule has 1 saturated carbocycles. The zero-order valence-electron chi connectivity index (χ0n) is 22.5. The second-order valence-electron chi connectivity index (χ2n) is 11.0. The maximum absolute atomic E-state index is 11.5. The highest BCUT2D eigenvalue weighted by atomic mass is 32.1. The van der Waals surface area contributed by atoms with Gasteiger partial charge in [-0.25, -0.2) is 4.79 Å². The molecule has 0 bridgehead atoms. The standard InChI is InChI=1S/C28H38N2O9S/c1-36-18-6-13-40-19(18)15-29-11-8-27(20-4-2-3-10-30-20)9-12-37-28(16-27)7-5-17(14-28)38-26-23(33)21(31)22(32)24(39-26)25(34)35/h2-4,6,10,13,17,21-24,26,29,31-33H,5,7-9,11-12,14-16H2,1H3,(H,34,35)/t17-,21-,22-,23+,24-,26+,27+,28-/m0/s1. The summed E-state index contributed by atoms with van der Waals surface area (Å²) in [6, 6.07) is 7.98. The van der Waals surface area contributed by atoms with Crippen LogP contribution in [0.2, 0.25) is 0 Å². The summed E-state index contributed by atoms with van der Waals surface area (Å²) in [5, 5.41) is 45.5. The molecule has 0 unspecified atom stereocenters. The number of aliphatic carboxylic acids is 1. The summed E-state index contributed by atoms with van der Waals surface area (Å²) in [6.07, 6.45) is -2.32. The Kier molecular flexibility index (Phi) is 9.08. The van der Waals surface area contributed by atoms with Crippen molar-refractivity contribution in [2.75, 3.05) is 20.3 Å². The number of carbonyl (C=O) groups is 1. The molecular weight excluding hydrogens is 540 g/mol. The van der Waals surface area contributed by atoms with Crippen LogP contribution in [0.4, 0.5) is 0 Å². The minimum atomic E-state index is -1.75. The molecule has 3 fully saturated rings. The summed E-state index contributed by atoms with van der Waals surface area (Å²) in [5.74, 6) is -0.542. The molecule has 2 aromatic heterocycles. The lowest BCUT2D eigenvalue weighted by atomic mass is 9.68. The lowest BCUT2D eigenvalue weighted by molar-refractivity contribution is -0.304. The van der Waals surface area contributed by atoms with Crippen LogP contribution in [0.5, 0.6) is 5.75 Å². The van der Waals surface area contributed by atoms with E-state index >= 15 is 0 Å². The molecule has 8 atom stereocenters. The summed E-state index contributed by atoms with van der Waals surface area (Å²) in [5.41, 5.74) is 0.350. The molecule has 2 aliphatic heterocycles. The average molecular weight is 579 g/mol. The number of aliphatic hydroxyl groups excluding tert-OH is 3. The minimum Gasteiger partial charge on any atom is -0.496 e. The van der Waals surface area contributed by atoms with Crippen molar-refractivity contribution < 1.29 is 44.2 Å². The second kappa shape index (κ2) is 12.4. The van der Waals surface area contributed by atoms with Crippen molar-refractivity contribution in [2.45, 2.75) is 92.9 Å². The number of hydrogen-bond acceptors (Lipinski definition) is 11. The molecule has 0 amide bonds. The molecule has 2 aromatic rings. The first kappa shape index (κ1) is 29.3. The number of carboxylic acids is 1. The third kappa shape index (κ3) is 6.04. The van der Waals surface area contributed by atoms with Crippen molar-refractivity contribution in [3.63, 3.8) is 0 Å². The highest BCUT2D eigenvalue weighted by Gasteiger charge is 2.53. The van der Waals surface area contributed by atoms with Crippen molar-refractivity contribution in [3.05, 3.63) is 46.4 Å². The van der Waals surface area contributed by atoms with Crippen molar-refractivity contribution in [2.24, 2.45) is 0 Å². The predicted octanol–water partition coefficient (Wildman–Crippen LogP) is 1.58. The smallest absolute Gasteiger partial charge is 0.335 e. The number of methoxy groups -OCH3 is 1. The number of pyridine rings is 1. The van der Waals surface area contributed by atoms with E-state index in [1.165, 1.54) is 0 Å².